The molecule has 0 aliphatic carbocycles. The second-order valence-corrected chi connectivity index (χ2v) is 7.96. The third kappa shape index (κ3) is 3.83. The number of hydrogen-bond acceptors (Lipinski definition) is 6. The lowest BCUT2D eigenvalue weighted by atomic mass is 10.2. The van der Waals surface area contributed by atoms with Crippen LogP contribution >= 0.6 is 34.7 Å². The van der Waals surface area contributed by atoms with Crippen LogP contribution in [0.15, 0.2) is 45.7 Å². The van der Waals surface area contributed by atoms with Crippen LogP contribution in [0.1, 0.15) is 12.6 Å². The highest BCUT2D eigenvalue weighted by Gasteiger charge is 2.18. The molecule has 0 radical (unpaired) electrons. The molecular weight excluding hydrogens is 366 g/mol. The third-order valence-corrected chi connectivity index (χ3v) is 5.34. The van der Waals surface area contributed by atoms with Gasteiger partial charge in [-0.15, -0.1) is 23.1 Å². The van der Waals surface area contributed by atoms with Gasteiger partial charge in [-0.05, 0) is 42.2 Å². The highest BCUT2D eigenvalue weighted by molar-refractivity contribution is 7.99. The SMILES string of the molecule is CCSc1ccc(-c2nc(CC(=O)[O-])c(-c3ccc(Cl)s3)o2)cc1. The van der Waals surface area contributed by atoms with E-state index in [1.54, 1.807) is 23.9 Å². The van der Waals surface area contributed by atoms with Crippen LogP contribution in [0.5, 0.6) is 0 Å². The van der Waals surface area contributed by atoms with E-state index in [9.17, 15) is 9.90 Å². The normalized spacial score (nSPS) is 10.9. The molecule has 0 aliphatic rings. The van der Waals surface area contributed by atoms with Gasteiger partial charge in [0.2, 0.25) is 5.89 Å². The number of thioether (sulfide) groups is 1. The van der Waals surface area contributed by atoms with Crippen LogP contribution in [0.3, 0.4) is 0 Å². The molecule has 0 N–H and O–H groups in total. The van der Waals surface area contributed by atoms with Crippen molar-refractivity contribution in [1.29, 1.82) is 0 Å². The molecule has 0 atom stereocenters. The number of aliphatic carboxylic acids is 1. The maximum absolute atomic E-state index is 11.0. The van der Waals surface area contributed by atoms with Crippen molar-refractivity contribution in [1.82, 2.24) is 4.98 Å². The molecule has 0 amide bonds. The van der Waals surface area contributed by atoms with Crippen molar-refractivity contribution in [3.05, 3.63) is 46.4 Å². The zero-order valence-electron chi connectivity index (χ0n) is 12.7. The predicted octanol–water partition coefficient (Wildman–Crippen LogP) is 4.13. The van der Waals surface area contributed by atoms with Gasteiger partial charge in [-0.2, -0.15) is 0 Å². The van der Waals surface area contributed by atoms with Crippen molar-refractivity contribution < 1.29 is 14.3 Å². The van der Waals surface area contributed by atoms with E-state index in [1.807, 2.05) is 24.3 Å². The van der Waals surface area contributed by atoms with Crippen LogP contribution in [0.25, 0.3) is 22.1 Å². The molecular formula is C17H13ClNO3S2-. The molecule has 0 spiro atoms. The summed E-state index contributed by atoms with van der Waals surface area (Å²) in [6.45, 7) is 2.09. The van der Waals surface area contributed by atoms with Crippen molar-refractivity contribution in [3.8, 4) is 22.1 Å². The van der Waals surface area contributed by atoms with Gasteiger partial charge >= 0.3 is 0 Å². The molecule has 2 heterocycles. The van der Waals surface area contributed by atoms with Gasteiger partial charge in [0.05, 0.1) is 14.9 Å². The van der Waals surface area contributed by atoms with E-state index in [-0.39, 0.29) is 6.42 Å². The molecule has 4 nitrogen and oxygen atoms in total. The Labute approximate surface area is 152 Å². The quantitative estimate of drug-likeness (QED) is 0.603. The lowest BCUT2D eigenvalue weighted by Gasteiger charge is -1.99. The number of benzene rings is 1. The summed E-state index contributed by atoms with van der Waals surface area (Å²) in [5.41, 5.74) is 1.14. The van der Waals surface area contributed by atoms with Crippen molar-refractivity contribution in [2.45, 2.75) is 18.2 Å². The summed E-state index contributed by atoms with van der Waals surface area (Å²) < 4.78 is 6.44. The first kappa shape index (κ1) is 17.1. The maximum atomic E-state index is 11.0. The maximum Gasteiger partial charge on any atom is 0.227 e. The standard InChI is InChI=1S/C17H14ClNO3S2/c1-2-23-11-5-3-10(4-6-11)17-19-12(9-15(20)21)16(22-17)13-7-8-14(18)24-13/h3-8H,2,9H2,1H3,(H,20,21)/p-1. The predicted molar refractivity (Wildman–Crippen MR) is 95.4 cm³/mol. The van der Waals surface area contributed by atoms with Crippen molar-refractivity contribution in [2.24, 2.45) is 0 Å². The topological polar surface area (TPSA) is 66.2 Å². The smallest absolute Gasteiger partial charge is 0.227 e. The molecule has 124 valence electrons. The molecule has 0 aliphatic heterocycles. The van der Waals surface area contributed by atoms with E-state index in [0.29, 0.717) is 21.7 Å². The summed E-state index contributed by atoms with van der Waals surface area (Å²) in [6, 6.07) is 11.3. The lowest BCUT2D eigenvalue weighted by molar-refractivity contribution is -0.304. The van der Waals surface area contributed by atoms with E-state index in [1.165, 1.54) is 11.3 Å². The highest BCUT2D eigenvalue weighted by atomic mass is 35.5. The Bertz CT molecular complexity index is 855. The van der Waals surface area contributed by atoms with Gasteiger partial charge in [0, 0.05) is 22.8 Å². The summed E-state index contributed by atoms with van der Waals surface area (Å²) in [7, 11) is 0. The number of carboxylic acids is 1. The first-order valence-electron chi connectivity index (χ1n) is 7.25. The number of hydrogen-bond donors (Lipinski definition) is 0. The molecule has 3 aromatic rings. The number of carboxylic acid groups (broad SMARTS) is 1. The van der Waals surface area contributed by atoms with Gasteiger partial charge in [-0.25, -0.2) is 4.98 Å². The van der Waals surface area contributed by atoms with Crippen molar-refractivity contribution >= 4 is 40.7 Å². The number of oxazole rings is 1. The van der Waals surface area contributed by atoms with Gasteiger partial charge in [0.15, 0.2) is 5.76 Å². The minimum absolute atomic E-state index is 0.307. The average Bonchev–Trinajstić information content (AvgIpc) is 3.14. The molecule has 0 fully saturated rings. The second-order valence-electron chi connectivity index (χ2n) is 4.90. The number of carbonyl (C=O) groups excluding carboxylic acids is 1. The summed E-state index contributed by atoms with van der Waals surface area (Å²) in [6.07, 6.45) is -0.307. The summed E-state index contributed by atoms with van der Waals surface area (Å²) >= 11 is 9.02. The van der Waals surface area contributed by atoms with E-state index in [4.69, 9.17) is 16.0 Å². The summed E-state index contributed by atoms with van der Waals surface area (Å²) in [5, 5.41) is 11.0. The zero-order valence-corrected chi connectivity index (χ0v) is 15.1. The fraction of sp³-hybridized carbons (Fsp3) is 0.176. The first-order valence-corrected chi connectivity index (χ1v) is 9.43. The third-order valence-electron chi connectivity index (χ3n) is 3.22. The van der Waals surface area contributed by atoms with E-state index in [2.05, 4.69) is 11.9 Å². The van der Waals surface area contributed by atoms with Crippen molar-refractivity contribution in [2.75, 3.05) is 5.75 Å². The van der Waals surface area contributed by atoms with Crippen molar-refractivity contribution in [3.63, 3.8) is 0 Å². The van der Waals surface area contributed by atoms with Crippen LogP contribution < -0.4 is 5.11 Å². The Kier molecular flexibility index (Phi) is 5.28. The number of halogens is 1. The molecule has 3 rings (SSSR count). The Morgan fingerprint density at radius 1 is 1.29 bits per heavy atom. The monoisotopic (exact) mass is 378 g/mol. The number of carbonyl (C=O) groups is 1. The number of thiophene rings is 1. The molecule has 2 aromatic heterocycles. The molecule has 24 heavy (non-hydrogen) atoms. The first-order chi connectivity index (χ1) is 11.6. The van der Waals surface area contributed by atoms with Crippen LogP contribution in [0, 0.1) is 0 Å². The molecule has 0 unspecified atom stereocenters. The molecule has 7 heteroatoms. The van der Waals surface area contributed by atoms with Gasteiger partial charge in [0.25, 0.3) is 0 Å². The summed E-state index contributed by atoms with van der Waals surface area (Å²) in [5.74, 6) is 0.614. The average molecular weight is 379 g/mol. The number of aromatic nitrogens is 1. The van der Waals surface area contributed by atoms with Crippen LogP contribution in [0.2, 0.25) is 4.34 Å². The van der Waals surface area contributed by atoms with Gasteiger partial charge < -0.3 is 14.3 Å². The Hall–Kier alpha value is -1.76. The zero-order chi connectivity index (χ0) is 17.1. The van der Waals surface area contributed by atoms with Gasteiger partial charge in [-0.3, -0.25) is 0 Å². The van der Waals surface area contributed by atoms with Gasteiger partial charge in [0.1, 0.15) is 0 Å². The Morgan fingerprint density at radius 2 is 2.04 bits per heavy atom. The van der Waals surface area contributed by atoms with E-state index in [0.717, 1.165) is 21.1 Å². The van der Waals surface area contributed by atoms with Crippen LogP contribution in [0.4, 0.5) is 0 Å². The minimum atomic E-state index is -1.20. The molecule has 0 bridgehead atoms. The Morgan fingerprint density at radius 3 is 2.62 bits per heavy atom. The Balaban J connectivity index is 1.99. The van der Waals surface area contributed by atoms with Crippen LogP contribution in [-0.2, 0) is 11.2 Å². The molecule has 1 aromatic carbocycles. The molecule has 0 saturated carbocycles. The van der Waals surface area contributed by atoms with Gasteiger partial charge in [-0.1, -0.05) is 18.5 Å². The lowest BCUT2D eigenvalue weighted by Crippen LogP contribution is -2.24. The number of nitrogens with zero attached hydrogens (tertiary/aromatic N) is 1. The van der Waals surface area contributed by atoms with E-state index < -0.39 is 5.97 Å². The highest BCUT2D eigenvalue weighted by Crippen LogP contribution is 2.36. The van der Waals surface area contributed by atoms with E-state index >= 15 is 0 Å². The second kappa shape index (κ2) is 7.42. The van der Waals surface area contributed by atoms with Crippen LogP contribution in [-0.4, -0.2) is 16.7 Å². The largest absolute Gasteiger partial charge is 0.550 e. The number of rotatable bonds is 6. The minimum Gasteiger partial charge on any atom is -0.550 e. The fourth-order valence-electron chi connectivity index (χ4n) is 2.22. The molecule has 0 saturated heterocycles. The fourth-order valence-corrected chi connectivity index (χ4v) is 3.93. The summed E-state index contributed by atoms with van der Waals surface area (Å²) in [4.78, 5) is 17.3.